The van der Waals surface area contributed by atoms with Crippen LogP contribution < -0.4 is 10.1 Å². The highest BCUT2D eigenvalue weighted by Crippen LogP contribution is 2.26. The zero-order valence-electron chi connectivity index (χ0n) is 17.3. The summed E-state index contributed by atoms with van der Waals surface area (Å²) in [5.41, 5.74) is 4.64. The van der Waals surface area contributed by atoms with Gasteiger partial charge < -0.3 is 10.1 Å². The number of nitrogens with one attached hydrogen (secondary N) is 1. The van der Waals surface area contributed by atoms with Crippen molar-refractivity contribution >= 4 is 22.4 Å². The van der Waals surface area contributed by atoms with Crippen LogP contribution in [0.1, 0.15) is 5.69 Å². The van der Waals surface area contributed by atoms with Crippen molar-refractivity contribution in [2.24, 2.45) is 0 Å². The first-order valence-corrected chi connectivity index (χ1v) is 9.99. The molecule has 3 aromatic carbocycles. The summed E-state index contributed by atoms with van der Waals surface area (Å²) in [5, 5.41) is 10.2. The maximum absolute atomic E-state index is 5.30. The Labute approximate surface area is 180 Å². The number of methoxy groups -OCH3 is 1. The number of benzene rings is 3. The highest BCUT2D eigenvalue weighted by Gasteiger charge is 2.11. The first-order chi connectivity index (χ1) is 15.2. The summed E-state index contributed by atoms with van der Waals surface area (Å²) in [5.74, 6) is 1.38. The van der Waals surface area contributed by atoms with Gasteiger partial charge >= 0.3 is 0 Å². The van der Waals surface area contributed by atoms with Crippen molar-refractivity contribution in [3.63, 3.8) is 0 Å². The van der Waals surface area contributed by atoms with Crippen molar-refractivity contribution in [1.82, 2.24) is 19.7 Å². The fourth-order valence-corrected chi connectivity index (χ4v) is 3.55. The lowest BCUT2D eigenvalue weighted by atomic mass is 10.1. The van der Waals surface area contributed by atoms with Gasteiger partial charge in [0.2, 0.25) is 5.95 Å². The second-order valence-corrected chi connectivity index (χ2v) is 7.23. The van der Waals surface area contributed by atoms with Gasteiger partial charge in [-0.3, -0.25) is 0 Å². The third-order valence-electron chi connectivity index (χ3n) is 5.15. The molecule has 0 aliphatic rings. The Morgan fingerprint density at radius 2 is 1.71 bits per heavy atom. The average molecular weight is 407 g/mol. The molecule has 2 aromatic heterocycles. The van der Waals surface area contributed by atoms with E-state index in [0.29, 0.717) is 5.95 Å². The van der Waals surface area contributed by atoms with Crippen LogP contribution in [0.3, 0.4) is 0 Å². The molecule has 6 heteroatoms. The van der Waals surface area contributed by atoms with Gasteiger partial charge in [-0.1, -0.05) is 30.3 Å². The molecule has 6 nitrogen and oxygen atoms in total. The summed E-state index contributed by atoms with van der Waals surface area (Å²) in [7, 11) is 1.67. The van der Waals surface area contributed by atoms with E-state index in [2.05, 4.69) is 27.5 Å². The number of nitrogens with zero attached hydrogens (tertiary/aromatic N) is 4. The Hall–Kier alpha value is -4.19. The molecule has 0 radical (unpaired) electrons. The molecule has 0 saturated carbocycles. The Bertz CT molecular complexity index is 1360. The van der Waals surface area contributed by atoms with Crippen molar-refractivity contribution in [3.05, 3.63) is 90.9 Å². The van der Waals surface area contributed by atoms with Crippen molar-refractivity contribution in [2.45, 2.75) is 6.92 Å². The van der Waals surface area contributed by atoms with Crippen molar-refractivity contribution in [2.75, 3.05) is 12.4 Å². The lowest BCUT2D eigenvalue weighted by molar-refractivity contribution is 0.415. The topological polar surface area (TPSA) is 64.9 Å². The van der Waals surface area contributed by atoms with E-state index in [9.17, 15) is 0 Å². The molecule has 2 heterocycles. The van der Waals surface area contributed by atoms with Crippen LogP contribution in [0.4, 0.5) is 11.6 Å². The smallest absolute Gasteiger partial charge is 0.227 e. The number of aromatic nitrogens is 4. The Balaban J connectivity index is 1.43. The maximum Gasteiger partial charge on any atom is 0.227 e. The minimum atomic E-state index is 0.539. The molecule has 0 aliphatic heterocycles. The molecule has 0 atom stereocenters. The summed E-state index contributed by atoms with van der Waals surface area (Å²) >= 11 is 0. The number of rotatable bonds is 5. The summed E-state index contributed by atoms with van der Waals surface area (Å²) in [4.78, 5) is 9.11. The third kappa shape index (κ3) is 3.83. The second kappa shape index (κ2) is 7.91. The lowest BCUT2D eigenvalue weighted by Gasteiger charge is -2.08. The van der Waals surface area contributed by atoms with Gasteiger partial charge in [0.25, 0.3) is 0 Å². The van der Waals surface area contributed by atoms with E-state index >= 15 is 0 Å². The molecule has 5 aromatic rings. The number of hydrogen-bond acceptors (Lipinski definition) is 5. The van der Waals surface area contributed by atoms with E-state index in [1.54, 1.807) is 13.3 Å². The normalized spacial score (nSPS) is 10.9. The molecule has 5 rings (SSSR count). The molecule has 152 valence electrons. The summed E-state index contributed by atoms with van der Waals surface area (Å²) in [6, 6.07) is 24.1. The van der Waals surface area contributed by atoms with Crippen molar-refractivity contribution in [3.8, 4) is 22.7 Å². The SMILES string of the molecule is COc1ccc2cc(Nc3nccc(-c4cn(-c5ccccc5)nc4C)n3)ccc2c1. The molecular formula is C25H21N5O. The van der Waals surface area contributed by atoms with E-state index < -0.39 is 0 Å². The van der Waals surface area contributed by atoms with Crippen LogP contribution in [-0.4, -0.2) is 26.9 Å². The molecule has 0 aliphatic carbocycles. The van der Waals surface area contributed by atoms with E-state index in [1.807, 2.05) is 78.5 Å². The van der Waals surface area contributed by atoms with Gasteiger partial charge in [0, 0.05) is 23.6 Å². The van der Waals surface area contributed by atoms with Gasteiger partial charge in [-0.05, 0) is 60.2 Å². The molecule has 1 N–H and O–H groups in total. The van der Waals surface area contributed by atoms with Crippen molar-refractivity contribution in [1.29, 1.82) is 0 Å². The van der Waals surface area contributed by atoms with Gasteiger partial charge in [-0.25, -0.2) is 14.6 Å². The average Bonchev–Trinajstić information content (AvgIpc) is 3.21. The van der Waals surface area contributed by atoms with Gasteiger partial charge in [0.05, 0.1) is 24.2 Å². The minimum Gasteiger partial charge on any atom is -0.497 e. The fourth-order valence-electron chi connectivity index (χ4n) is 3.55. The van der Waals surface area contributed by atoms with Gasteiger partial charge in [0.15, 0.2) is 0 Å². The monoisotopic (exact) mass is 407 g/mol. The molecule has 0 amide bonds. The number of para-hydroxylation sites is 1. The van der Waals surface area contributed by atoms with Crippen LogP contribution in [0.2, 0.25) is 0 Å². The Morgan fingerprint density at radius 3 is 2.55 bits per heavy atom. The highest BCUT2D eigenvalue weighted by molar-refractivity contribution is 5.87. The van der Waals surface area contributed by atoms with Gasteiger partial charge in [-0.15, -0.1) is 0 Å². The van der Waals surface area contributed by atoms with Crippen molar-refractivity contribution < 1.29 is 4.74 Å². The second-order valence-electron chi connectivity index (χ2n) is 7.23. The first-order valence-electron chi connectivity index (χ1n) is 9.99. The molecule has 0 bridgehead atoms. The summed E-state index contributed by atoms with van der Waals surface area (Å²) < 4.78 is 7.17. The molecule has 0 saturated heterocycles. The quantitative estimate of drug-likeness (QED) is 0.414. The summed E-state index contributed by atoms with van der Waals surface area (Å²) in [6.45, 7) is 1.99. The van der Waals surface area contributed by atoms with Crippen LogP contribution in [0.5, 0.6) is 5.75 Å². The predicted molar refractivity (Wildman–Crippen MR) is 123 cm³/mol. The number of ether oxygens (including phenoxy) is 1. The van der Waals surface area contributed by atoms with Gasteiger partial charge in [-0.2, -0.15) is 5.10 Å². The Morgan fingerprint density at radius 1 is 0.903 bits per heavy atom. The molecule has 31 heavy (non-hydrogen) atoms. The van der Waals surface area contributed by atoms with Gasteiger partial charge in [0.1, 0.15) is 5.75 Å². The molecule has 0 unspecified atom stereocenters. The first kappa shape index (κ1) is 18.8. The van der Waals surface area contributed by atoms with E-state index in [1.165, 1.54) is 0 Å². The molecule has 0 fully saturated rings. The Kier molecular flexibility index (Phi) is 4.80. The number of anilines is 2. The zero-order valence-corrected chi connectivity index (χ0v) is 17.3. The minimum absolute atomic E-state index is 0.539. The lowest BCUT2D eigenvalue weighted by Crippen LogP contribution is -1.98. The summed E-state index contributed by atoms with van der Waals surface area (Å²) in [6.07, 6.45) is 3.76. The van der Waals surface area contributed by atoms with Crippen LogP contribution in [0, 0.1) is 6.92 Å². The number of hydrogen-bond donors (Lipinski definition) is 1. The van der Waals surface area contributed by atoms with E-state index in [4.69, 9.17) is 9.72 Å². The van der Waals surface area contributed by atoms with Crippen LogP contribution >= 0.6 is 0 Å². The van der Waals surface area contributed by atoms with Crippen LogP contribution in [0.25, 0.3) is 27.7 Å². The molecular weight excluding hydrogens is 386 g/mol. The third-order valence-corrected chi connectivity index (χ3v) is 5.15. The van der Waals surface area contributed by atoms with E-state index in [-0.39, 0.29) is 0 Å². The zero-order chi connectivity index (χ0) is 21.2. The standard InChI is InChI=1S/C25H21N5O/c1-17-23(16-30(29-17)21-6-4-3-5-7-21)24-12-13-26-25(28-24)27-20-10-8-19-15-22(31-2)11-9-18(19)14-20/h3-16H,1-2H3,(H,26,27,28). The predicted octanol–water partition coefficient (Wildman–Crippen LogP) is 5.54. The van der Waals surface area contributed by atoms with Crippen LogP contribution in [0.15, 0.2) is 85.2 Å². The largest absolute Gasteiger partial charge is 0.497 e. The molecule has 0 spiro atoms. The fraction of sp³-hybridized carbons (Fsp3) is 0.0800. The van der Waals surface area contributed by atoms with Crippen LogP contribution in [-0.2, 0) is 0 Å². The maximum atomic E-state index is 5.30. The highest BCUT2D eigenvalue weighted by atomic mass is 16.5. The van der Waals surface area contributed by atoms with E-state index in [0.717, 1.165) is 44.8 Å². The number of aryl methyl sites for hydroxylation is 1. The number of fused-ring (bicyclic) bond motifs is 1.